The summed E-state index contributed by atoms with van der Waals surface area (Å²) >= 11 is 0. The van der Waals surface area contributed by atoms with E-state index in [1.807, 2.05) is 36.4 Å². The van der Waals surface area contributed by atoms with Crippen molar-refractivity contribution in [2.75, 3.05) is 0 Å². The Balaban J connectivity index is 2.12. The number of carbonyl (C=O) groups is 1. The minimum Gasteiger partial charge on any atom is -0.392 e. The van der Waals surface area contributed by atoms with Crippen LogP contribution in [0.15, 0.2) is 48.5 Å². The van der Waals surface area contributed by atoms with E-state index in [0.29, 0.717) is 0 Å². The van der Waals surface area contributed by atoms with E-state index in [1.165, 1.54) is 0 Å². The van der Waals surface area contributed by atoms with Gasteiger partial charge >= 0.3 is 6.03 Å². The summed E-state index contributed by atoms with van der Waals surface area (Å²) in [5, 5.41) is 4.97. The molecule has 0 unspecified atom stereocenters. The lowest BCUT2D eigenvalue weighted by atomic mass is 10.1. The van der Waals surface area contributed by atoms with E-state index >= 15 is 0 Å². The molecule has 1 aliphatic carbocycles. The Morgan fingerprint density at radius 1 is 0.944 bits per heavy atom. The first kappa shape index (κ1) is 10.9. The Morgan fingerprint density at radius 3 is 1.94 bits per heavy atom. The van der Waals surface area contributed by atoms with Gasteiger partial charge in [-0.2, -0.15) is 0 Å². The van der Waals surface area contributed by atoms with E-state index in [2.05, 4.69) is 22.7 Å². The van der Waals surface area contributed by atoms with Crippen LogP contribution in [-0.2, 0) is 0 Å². The standard InChI is InChI=1S/C14H11BN2O/c15-17-14(18)16-13-11-7-3-1-5-9(11)10-6-2-4-8-12(10)13/h1-8,13H,(H2,16,17,18). The number of amides is 2. The minimum absolute atomic E-state index is 0.138. The maximum absolute atomic E-state index is 11.4. The lowest BCUT2D eigenvalue weighted by Gasteiger charge is -2.15. The summed E-state index contributed by atoms with van der Waals surface area (Å²) in [4.78, 5) is 11.4. The van der Waals surface area contributed by atoms with Gasteiger partial charge < -0.3 is 10.5 Å². The summed E-state index contributed by atoms with van der Waals surface area (Å²) in [6.07, 6.45) is 0. The van der Waals surface area contributed by atoms with Crippen LogP contribution < -0.4 is 10.5 Å². The summed E-state index contributed by atoms with van der Waals surface area (Å²) in [6, 6.07) is 15.6. The van der Waals surface area contributed by atoms with Crippen LogP contribution in [0.1, 0.15) is 17.2 Å². The Labute approximate surface area is 107 Å². The molecule has 86 valence electrons. The van der Waals surface area contributed by atoms with Crippen LogP contribution in [0.5, 0.6) is 0 Å². The van der Waals surface area contributed by atoms with E-state index < -0.39 is 0 Å². The predicted molar refractivity (Wildman–Crippen MR) is 71.1 cm³/mol. The molecule has 4 heteroatoms. The van der Waals surface area contributed by atoms with Crippen LogP contribution in [-0.4, -0.2) is 14.0 Å². The summed E-state index contributed by atoms with van der Waals surface area (Å²) in [5.74, 6) is 0. The van der Waals surface area contributed by atoms with Crippen molar-refractivity contribution >= 4 is 14.0 Å². The van der Waals surface area contributed by atoms with Crippen molar-refractivity contribution < 1.29 is 4.79 Å². The number of urea groups is 1. The van der Waals surface area contributed by atoms with Gasteiger partial charge in [0.15, 0.2) is 0 Å². The highest BCUT2D eigenvalue weighted by molar-refractivity contribution is 6.14. The summed E-state index contributed by atoms with van der Waals surface area (Å²) in [5.41, 5.74) is 4.52. The maximum atomic E-state index is 11.4. The second-order valence-electron chi connectivity index (χ2n) is 4.23. The van der Waals surface area contributed by atoms with E-state index in [1.54, 1.807) is 0 Å². The average molecular weight is 234 g/mol. The molecule has 18 heavy (non-hydrogen) atoms. The number of nitrogens with one attached hydrogen (secondary N) is 2. The fourth-order valence-corrected chi connectivity index (χ4v) is 2.48. The highest BCUT2D eigenvalue weighted by Crippen LogP contribution is 2.42. The van der Waals surface area contributed by atoms with Gasteiger partial charge in [-0.25, -0.2) is 0 Å². The molecule has 3 rings (SSSR count). The van der Waals surface area contributed by atoms with Gasteiger partial charge in [-0.05, 0) is 22.3 Å². The number of carbonyl (C=O) groups excluding carboxylic acids is 1. The Morgan fingerprint density at radius 2 is 1.44 bits per heavy atom. The summed E-state index contributed by atoms with van der Waals surface area (Å²) in [7, 11) is 5.13. The Hall–Kier alpha value is -2.23. The first-order valence-electron chi connectivity index (χ1n) is 5.76. The maximum Gasteiger partial charge on any atom is 0.302 e. The topological polar surface area (TPSA) is 41.1 Å². The molecule has 2 N–H and O–H groups in total. The lowest BCUT2D eigenvalue weighted by Crippen LogP contribution is -2.36. The molecule has 0 aliphatic heterocycles. The van der Waals surface area contributed by atoms with Crippen LogP contribution in [0.3, 0.4) is 0 Å². The molecule has 0 saturated carbocycles. The second-order valence-corrected chi connectivity index (χ2v) is 4.23. The zero-order valence-corrected chi connectivity index (χ0v) is 9.68. The second kappa shape index (κ2) is 4.22. The molecule has 0 atom stereocenters. The fraction of sp³-hybridized carbons (Fsp3) is 0.0714. The van der Waals surface area contributed by atoms with Crippen molar-refractivity contribution in [2.24, 2.45) is 0 Å². The molecule has 2 aromatic carbocycles. The molecule has 3 nitrogen and oxygen atoms in total. The molecule has 0 aromatic heterocycles. The quantitative estimate of drug-likeness (QED) is 0.729. The van der Waals surface area contributed by atoms with Gasteiger partial charge in [0.1, 0.15) is 0 Å². The SMILES string of the molecule is [B]NC(=O)NC1c2ccccc2-c2ccccc21. The highest BCUT2D eigenvalue weighted by Gasteiger charge is 2.28. The largest absolute Gasteiger partial charge is 0.392 e. The number of benzene rings is 2. The van der Waals surface area contributed by atoms with Crippen LogP contribution in [0, 0.1) is 0 Å². The molecule has 1 aliphatic rings. The molecule has 2 radical (unpaired) electrons. The molecular weight excluding hydrogens is 223 g/mol. The first-order valence-corrected chi connectivity index (χ1v) is 5.76. The number of hydrogen-bond donors (Lipinski definition) is 2. The molecule has 0 heterocycles. The van der Waals surface area contributed by atoms with Crippen LogP contribution in [0.4, 0.5) is 4.79 Å². The third kappa shape index (κ3) is 1.58. The lowest BCUT2D eigenvalue weighted by molar-refractivity contribution is 0.244. The monoisotopic (exact) mass is 234 g/mol. The fourth-order valence-electron chi connectivity index (χ4n) is 2.48. The van der Waals surface area contributed by atoms with Gasteiger partial charge in [-0.15, -0.1) is 0 Å². The molecule has 0 spiro atoms. The molecule has 0 fully saturated rings. The third-order valence-electron chi connectivity index (χ3n) is 3.24. The van der Waals surface area contributed by atoms with Crippen LogP contribution in [0.2, 0.25) is 0 Å². The van der Waals surface area contributed by atoms with Gasteiger partial charge in [0.25, 0.3) is 0 Å². The smallest absolute Gasteiger partial charge is 0.302 e. The van der Waals surface area contributed by atoms with Crippen molar-refractivity contribution in [1.82, 2.24) is 10.5 Å². The number of rotatable bonds is 1. The Bertz CT molecular complexity index is 567. The van der Waals surface area contributed by atoms with Crippen molar-refractivity contribution in [3.63, 3.8) is 0 Å². The van der Waals surface area contributed by atoms with Gasteiger partial charge in [-0.3, -0.25) is 4.79 Å². The highest BCUT2D eigenvalue weighted by atomic mass is 16.2. The van der Waals surface area contributed by atoms with Crippen LogP contribution in [0.25, 0.3) is 11.1 Å². The van der Waals surface area contributed by atoms with E-state index in [4.69, 9.17) is 7.98 Å². The molecular formula is C14H11BN2O. The summed E-state index contributed by atoms with van der Waals surface area (Å²) < 4.78 is 0. The molecule has 2 aromatic rings. The van der Waals surface area contributed by atoms with Crippen molar-refractivity contribution in [3.8, 4) is 11.1 Å². The Kier molecular flexibility index (Phi) is 2.56. The van der Waals surface area contributed by atoms with Crippen molar-refractivity contribution in [3.05, 3.63) is 59.7 Å². The average Bonchev–Trinajstić information content (AvgIpc) is 2.74. The third-order valence-corrected chi connectivity index (χ3v) is 3.24. The van der Waals surface area contributed by atoms with Gasteiger partial charge in [0.2, 0.25) is 7.98 Å². The molecule has 2 amide bonds. The van der Waals surface area contributed by atoms with E-state index in [9.17, 15) is 4.79 Å². The predicted octanol–water partition coefficient (Wildman–Crippen LogP) is 2.14. The number of hydrogen-bond acceptors (Lipinski definition) is 1. The van der Waals surface area contributed by atoms with E-state index in [0.717, 1.165) is 22.3 Å². The molecule has 0 saturated heterocycles. The first-order chi connectivity index (χ1) is 8.81. The minimum atomic E-state index is -0.383. The zero-order valence-electron chi connectivity index (χ0n) is 9.68. The van der Waals surface area contributed by atoms with Gasteiger partial charge in [0, 0.05) is 0 Å². The number of fused-ring (bicyclic) bond motifs is 3. The van der Waals surface area contributed by atoms with Crippen LogP contribution >= 0.6 is 0 Å². The van der Waals surface area contributed by atoms with Crippen molar-refractivity contribution in [1.29, 1.82) is 0 Å². The zero-order chi connectivity index (χ0) is 12.5. The van der Waals surface area contributed by atoms with Crippen molar-refractivity contribution in [2.45, 2.75) is 6.04 Å². The summed E-state index contributed by atoms with van der Waals surface area (Å²) in [6.45, 7) is 0. The van der Waals surface area contributed by atoms with Gasteiger partial charge in [-0.1, -0.05) is 48.5 Å². The normalized spacial score (nSPS) is 12.7. The van der Waals surface area contributed by atoms with Gasteiger partial charge in [0.05, 0.1) is 6.04 Å². The van der Waals surface area contributed by atoms with E-state index in [-0.39, 0.29) is 12.1 Å². The molecule has 0 bridgehead atoms.